The molecule has 110 valence electrons. The number of rotatable bonds is 5. The van der Waals surface area contributed by atoms with Crippen molar-refractivity contribution in [3.63, 3.8) is 0 Å². The molecule has 1 aliphatic carbocycles. The van der Waals surface area contributed by atoms with E-state index in [2.05, 4.69) is 34.1 Å². The number of hydrogen-bond acceptors (Lipinski definition) is 4. The first-order valence-electron chi connectivity index (χ1n) is 7.51. The lowest BCUT2D eigenvalue weighted by molar-refractivity contribution is 0.111. The minimum absolute atomic E-state index is 0.551. The summed E-state index contributed by atoms with van der Waals surface area (Å²) < 4.78 is 0. The van der Waals surface area contributed by atoms with E-state index in [0.29, 0.717) is 11.7 Å². The number of nitrogens with zero attached hydrogens (tertiary/aromatic N) is 2. The monoisotopic (exact) mass is 300 g/mol. The number of anilines is 1. The van der Waals surface area contributed by atoms with Crippen LogP contribution in [0.3, 0.4) is 0 Å². The van der Waals surface area contributed by atoms with Gasteiger partial charge in [0, 0.05) is 17.5 Å². The van der Waals surface area contributed by atoms with Crippen LogP contribution >= 0.6 is 11.3 Å². The Hall–Kier alpha value is -1.68. The molecule has 1 aromatic carbocycles. The molecule has 1 aliphatic rings. The number of carbonyl (C=O) groups excluding carboxylic acids is 1. The number of carbonyl (C=O) groups is 1. The van der Waals surface area contributed by atoms with E-state index >= 15 is 0 Å². The fourth-order valence-corrected chi connectivity index (χ4v) is 3.92. The van der Waals surface area contributed by atoms with Gasteiger partial charge in [0.25, 0.3) is 0 Å². The highest BCUT2D eigenvalue weighted by molar-refractivity contribution is 7.15. The average molecular weight is 300 g/mol. The summed E-state index contributed by atoms with van der Waals surface area (Å²) in [5.74, 6) is 0. The second-order valence-electron chi connectivity index (χ2n) is 5.61. The molecule has 1 saturated carbocycles. The lowest BCUT2D eigenvalue weighted by Crippen LogP contribution is -2.32. The van der Waals surface area contributed by atoms with Crippen molar-refractivity contribution in [2.45, 2.75) is 45.2 Å². The predicted octanol–water partition coefficient (Wildman–Crippen LogP) is 4.21. The summed E-state index contributed by atoms with van der Waals surface area (Å²) in [6.45, 7) is 2.84. The Balaban J connectivity index is 1.89. The average Bonchev–Trinajstić information content (AvgIpc) is 3.15. The van der Waals surface area contributed by atoms with Gasteiger partial charge in [0.15, 0.2) is 11.4 Å². The Bertz CT molecular complexity index is 603. The van der Waals surface area contributed by atoms with Crippen LogP contribution in [0.2, 0.25) is 0 Å². The van der Waals surface area contributed by atoms with Crippen LogP contribution in [-0.2, 0) is 6.54 Å². The third-order valence-electron chi connectivity index (χ3n) is 4.14. The number of aryl methyl sites for hydroxylation is 1. The Kier molecular flexibility index (Phi) is 4.34. The Morgan fingerprint density at radius 3 is 2.62 bits per heavy atom. The minimum Gasteiger partial charge on any atom is -0.341 e. The van der Waals surface area contributed by atoms with Gasteiger partial charge in [-0.15, -0.1) is 11.3 Å². The van der Waals surface area contributed by atoms with Crippen molar-refractivity contribution in [1.29, 1.82) is 0 Å². The zero-order valence-electron chi connectivity index (χ0n) is 12.3. The molecule has 3 rings (SSSR count). The van der Waals surface area contributed by atoms with E-state index in [1.54, 1.807) is 11.3 Å². The number of thiazole rings is 1. The third-order valence-corrected chi connectivity index (χ3v) is 5.16. The topological polar surface area (TPSA) is 33.2 Å². The summed E-state index contributed by atoms with van der Waals surface area (Å²) in [4.78, 5) is 19.0. The molecule has 0 bridgehead atoms. The number of aromatic nitrogens is 1. The molecule has 0 radical (unpaired) electrons. The van der Waals surface area contributed by atoms with Crippen LogP contribution in [0.4, 0.5) is 5.13 Å². The van der Waals surface area contributed by atoms with Crippen molar-refractivity contribution in [1.82, 2.24) is 4.98 Å². The van der Waals surface area contributed by atoms with Crippen molar-refractivity contribution < 1.29 is 4.79 Å². The van der Waals surface area contributed by atoms with Crippen molar-refractivity contribution in [2.75, 3.05) is 4.90 Å². The first-order valence-corrected chi connectivity index (χ1v) is 8.33. The zero-order chi connectivity index (χ0) is 14.7. The number of benzene rings is 1. The molecule has 4 heteroatoms. The van der Waals surface area contributed by atoms with Crippen molar-refractivity contribution in [3.05, 3.63) is 46.5 Å². The normalized spacial score (nSPS) is 15.3. The lowest BCUT2D eigenvalue weighted by atomic mass is 10.1. The van der Waals surface area contributed by atoms with E-state index in [1.807, 2.05) is 13.0 Å². The maximum absolute atomic E-state index is 11.1. The van der Waals surface area contributed by atoms with Crippen LogP contribution in [0.15, 0.2) is 30.3 Å². The van der Waals surface area contributed by atoms with Gasteiger partial charge in [-0.3, -0.25) is 4.79 Å². The highest BCUT2D eigenvalue weighted by atomic mass is 32.1. The van der Waals surface area contributed by atoms with Crippen LogP contribution in [-0.4, -0.2) is 17.3 Å². The predicted molar refractivity (Wildman–Crippen MR) is 87.1 cm³/mol. The van der Waals surface area contributed by atoms with E-state index in [-0.39, 0.29) is 0 Å². The molecule has 0 aliphatic heterocycles. The molecule has 2 aromatic rings. The van der Waals surface area contributed by atoms with Gasteiger partial charge in [-0.2, -0.15) is 0 Å². The molecule has 0 N–H and O–H groups in total. The molecule has 0 amide bonds. The first-order chi connectivity index (χ1) is 10.3. The fourth-order valence-electron chi connectivity index (χ4n) is 2.97. The second-order valence-corrected chi connectivity index (χ2v) is 6.79. The fraction of sp³-hybridized carbons (Fsp3) is 0.412. The summed E-state index contributed by atoms with van der Waals surface area (Å²) in [5, 5.41) is 0.991. The van der Waals surface area contributed by atoms with Crippen LogP contribution in [0, 0.1) is 6.92 Å². The Labute approximate surface area is 129 Å². The lowest BCUT2D eigenvalue weighted by Gasteiger charge is -2.28. The van der Waals surface area contributed by atoms with Crippen molar-refractivity contribution in [3.8, 4) is 0 Å². The van der Waals surface area contributed by atoms with Crippen LogP contribution in [0.25, 0.3) is 0 Å². The van der Waals surface area contributed by atoms with Gasteiger partial charge >= 0.3 is 0 Å². The molecular formula is C17H20N2OS. The van der Waals surface area contributed by atoms with E-state index in [1.165, 1.54) is 31.2 Å². The largest absolute Gasteiger partial charge is 0.341 e. The van der Waals surface area contributed by atoms with Gasteiger partial charge < -0.3 is 4.90 Å². The molecule has 0 unspecified atom stereocenters. The SMILES string of the molecule is Cc1sc(N(Cc2ccccc2)C2CCCC2)nc1C=O. The number of hydrogen-bond donors (Lipinski definition) is 0. The molecule has 0 spiro atoms. The highest BCUT2D eigenvalue weighted by Crippen LogP contribution is 2.33. The van der Waals surface area contributed by atoms with Crippen LogP contribution in [0.5, 0.6) is 0 Å². The highest BCUT2D eigenvalue weighted by Gasteiger charge is 2.25. The first kappa shape index (κ1) is 14.3. The van der Waals surface area contributed by atoms with Gasteiger partial charge in [-0.1, -0.05) is 43.2 Å². The molecule has 0 saturated heterocycles. The van der Waals surface area contributed by atoms with Gasteiger partial charge in [0.1, 0.15) is 5.69 Å². The van der Waals surface area contributed by atoms with Crippen LogP contribution in [0.1, 0.15) is 46.6 Å². The van der Waals surface area contributed by atoms with Gasteiger partial charge in [-0.25, -0.2) is 4.98 Å². The van der Waals surface area contributed by atoms with Gasteiger partial charge in [0.2, 0.25) is 0 Å². The van der Waals surface area contributed by atoms with Crippen molar-refractivity contribution >= 4 is 22.8 Å². The summed E-state index contributed by atoms with van der Waals surface area (Å²) in [6.07, 6.45) is 5.90. The molecular weight excluding hydrogens is 280 g/mol. The smallest absolute Gasteiger partial charge is 0.186 e. The van der Waals surface area contributed by atoms with Crippen molar-refractivity contribution in [2.24, 2.45) is 0 Å². The Morgan fingerprint density at radius 2 is 2.00 bits per heavy atom. The second kappa shape index (κ2) is 6.39. The summed E-state index contributed by atoms with van der Waals surface area (Å²) >= 11 is 1.64. The molecule has 1 aromatic heterocycles. The molecule has 3 nitrogen and oxygen atoms in total. The maximum Gasteiger partial charge on any atom is 0.186 e. The summed E-state index contributed by atoms with van der Waals surface area (Å²) in [6, 6.07) is 11.1. The zero-order valence-corrected chi connectivity index (χ0v) is 13.1. The van der Waals surface area contributed by atoms with Crippen LogP contribution < -0.4 is 4.90 Å². The summed E-state index contributed by atoms with van der Waals surface area (Å²) in [7, 11) is 0. The molecule has 21 heavy (non-hydrogen) atoms. The Morgan fingerprint density at radius 1 is 1.29 bits per heavy atom. The maximum atomic E-state index is 11.1. The van der Waals surface area contributed by atoms with E-state index in [4.69, 9.17) is 0 Å². The van der Waals surface area contributed by atoms with Gasteiger partial charge in [-0.05, 0) is 25.3 Å². The molecule has 1 heterocycles. The van der Waals surface area contributed by atoms with Gasteiger partial charge in [0.05, 0.1) is 0 Å². The van der Waals surface area contributed by atoms with E-state index < -0.39 is 0 Å². The van der Waals surface area contributed by atoms with E-state index in [0.717, 1.165) is 22.8 Å². The molecule has 0 atom stereocenters. The molecule has 1 fully saturated rings. The third kappa shape index (κ3) is 3.16. The quantitative estimate of drug-likeness (QED) is 0.775. The number of aldehydes is 1. The minimum atomic E-state index is 0.551. The standard InChI is InChI=1S/C17H20N2OS/c1-13-16(12-20)18-17(21-13)19(15-9-5-6-10-15)11-14-7-3-2-4-8-14/h2-4,7-8,12,15H,5-6,9-11H2,1H3. The van der Waals surface area contributed by atoms with E-state index in [9.17, 15) is 4.79 Å². The summed E-state index contributed by atoms with van der Waals surface area (Å²) in [5.41, 5.74) is 1.89.